The number of halogens is 3. The highest BCUT2D eigenvalue weighted by Crippen LogP contribution is 2.33. The molecule has 1 saturated heterocycles. The highest BCUT2D eigenvalue weighted by atomic mass is 35.5. The third kappa shape index (κ3) is 3.09. The average Bonchev–Trinajstić information content (AvgIpc) is 2.25. The van der Waals surface area contributed by atoms with E-state index < -0.39 is 15.8 Å². The molecular weight excluding hydrogens is 326 g/mol. The Hall–Kier alpha value is -0.400. The quantitative estimate of drug-likeness (QED) is 0.899. The first-order valence-corrected chi connectivity index (χ1v) is 8.32. The van der Waals surface area contributed by atoms with Gasteiger partial charge in [-0.15, -0.1) is 0 Å². The molecule has 1 heterocycles. The summed E-state index contributed by atoms with van der Waals surface area (Å²) in [6, 6.07) is 1.95. The van der Waals surface area contributed by atoms with Crippen LogP contribution < -0.4 is 5.32 Å². The van der Waals surface area contributed by atoms with E-state index in [2.05, 4.69) is 5.32 Å². The van der Waals surface area contributed by atoms with Gasteiger partial charge in [0.15, 0.2) is 0 Å². The van der Waals surface area contributed by atoms with Crippen LogP contribution in [0.15, 0.2) is 17.0 Å². The summed E-state index contributed by atoms with van der Waals surface area (Å²) in [5.41, 5.74) is 0. The van der Waals surface area contributed by atoms with E-state index >= 15 is 0 Å². The number of hydrogen-bond donors (Lipinski definition) is 1. The molecule has 1 aromatic rings. The average molecular weight is 341 g/mol. The maximum absolute atomic E-state index is 13.2. The molecule has 0 aliphatic carbocycles. The van der Waals surface area contributed by atoms with E-state index in [9.17, 15) is 12.8 Å². The van der Waals surface area contributed by atoms with Crippen molar-refractivity contribution in [3.8, 4) is 0 Å². The summed E-state index contributed by atoms with van der Waals surface area (Å²) >= 11 is 11.7. The number of nitrogens with one attached hydrogen (secondary N) is 1. The number of rotatable bonds is 2. The molecule has 112 valence electrons. The Kier molecular flexibility index (Phi) is 4.61. The normalized spacial score (nSPS) is 24.9. The second kappa shape index (κ2) is 5.77. The van der Waals surface area contributed by atoms with Gasteiger partial charge in [-0.25, -0.2) is 12.8 Å². The zero-order chi connectivity index (χ0) is 15.1. The topological polar surface area (TPSA) is 49.4 Å². The number of benzene rings is 1. The van der Waals surface area contributed by atoms with Gasteiger partial charge in [0.2, 0.25) is 10.0 Å². The van der Waals surface area contributed by atoms with Crippen molar-refractivity contribution in [1.82, 2.24) is 9.62 Å². The third-order valence-corrected chi connectivity index (χ3v) is 5.84. The molecule has 0 radical (unpaired) electrons. The molecule has 0 saturated carbocycles. The second-order valence-corrected chi connectivity index (χ2v) is 7.68. The predicted molar refractivity (Wildman–Crippen MR) is 77.2 cm³/mol. The predicted octanol–water partition coefficient (Wildman–Crippen LogP) is 2.50. The highest BCUT2D eigenvalue weighted by Gasteiger charge is 2.34. The molecule has 0 bridgehead atoms. The van der Waals surface area contributed by atoms with E-state index in [1.165, 1.54) is 4.31 Å². The molecule has 1 aliphatic heterocycles. The molecule has 2 atom stereocenters. The Balaban J connectivity index is 2.45. The van der Waals surface area contributed by atoms with E-state index in [1.54, 1.807) is 0 Å². The van der Waals surface area contributed by atoms with Crippen LogP contribution in [0.5, 0.6) is 0 Å². The minimum Gasteiger partial charge on any atom is -0.309 e. The fourth-order valence-corrected chi connectivity index (χ4v) is 5.13. The molecular formula is C12H15Cl2FN2O2S. The summed E-state index contributed by atoms with van der Waals surface area (Å²) in [5.74, 6) is -0.666. The van der Waals surface area contributed by atoms with Crippen LogP contribution in [0.2, 0.25) is 10.0 Å². The summed E-state index contributed by atoms with van der Waals surface area (Å²) in [6.45, 7) is 4.42. The summed E-state index contributed by atoms with van der Waals surface area (Å²) in [6.07, 6.45) is 0. The SMILES string of the molecule is CC1CN(S(=O)(=O)c2c(Cl)cc(F)cc2Cl)CC(C)N1. The highest BCUT2D eigenvalue weighted by molar-refractivity contribution is 7.89. The maximum Gasteiger partial charge on any atom is 0.246 e. The van der Waals surface area contributed by atoms with Crippen molar-refractivity contribution in [3.63, 3.8) is 0 Å². The van der Waals surface area contributed by atoms with Gasteiger partial charge in [-0.05, 0) is 26.0 Å². The van der Waals surface area contributed by atoms with Gasteiger partial charge in [-0.3, -0.25) is 0 Å². The van der Waals surface area contributed by atoms with E-state index in [0.717, 1.165) is 12.1 Å². The van der Waals surface area contributed by atoms with E-state index in [-0.39, 0.29) is 27.0 Å². The molecule has 0 spiro atoms. The number of hydrogen-bond acceptors (Lipinski definition) is 3. The zero-order valence-corrected chi connectivity index (χ0v) is 13.4. The summed E-state index contributed by atoms with van der Waals surface area (Å²) < 4.78 is 39.8. The summed E-state index contributed by atoms with van der Waals surface area (Å²) in [7, 11) is -3.84. The number of sulfonamides is 1. The molecule has 0 aromatic heterocycles. The number of piperazine rings is 1. The molecule has 2 unspecified atom stereocenters. The van der Waals surface area contributed by atoms with Crippen LogP contribution in [0.1, 0.15) is 13.8 Å². The van der Waals surface area contributed by atoms with Crippen molar-refractivity contribution in [2.75, 3.05) is 13.1 Å². The van der Waals surface area contributed by atoms with Crippen LogP contribution in [0, 0.1) is 5.82 Å². The Labute approximate surface area is 127 Å². The first-order valence-electron chi connectivity index (χ1n) is 6.12. The van der Waals surface area contributed by atoms with Crippen LogP contribution in [0.4, 0.5) is 4.39 Å². The van der Waals surface area contributed by atoms with Gasteiger partial charge in [0, 0.05) is 25.2 Å². The summed E-state index contributed by atoms with van der Waals surface area (Å²) in [4.78, 5) is -0.233. The largest absolute Gasteiger partial charge is 0.309 e. The molecule has 4 nitrogen and oxygen atoms in total. The van der Waals surface area contributed by atoms with Crippen molar-refractivity contribution in [3.05, 3.63) is 28.0 Å². The van der Waals surface area contributed by atoms with Crippen molar-refractivity contribution < 1.29 is 12.8 Å². The Morgan fingerprint density at radius 1 is 1.20 bits per heavy atom. The van der Waals surface area contributed by atoms with Gasteiger partial charge in [-0.2, -0.15) is 4.31 Å². The van der Waals surface area contributed by atoms with Crippen molar-refractivity contribution in [2.45, 2.75) is 30.8 Å². The van der Waals surface area contributed by atoms with Crippen molar-refractivity contribution in [2.24, 2.45) is 0 Å². The van der Waals surface area contributed by atoms with Gasteiger partial charge < -0.3 is 5.32 Å². The summed E-state index contributed by atoms with van der Waals surface area (Å²) in [5, 5.41) is 2.84. The van der Waals surface area contributed by atoms with E-state index in [1.807, 2.05) is 13.8 Å². The second-order valence-electron chi connectivity index (χ2n) is 4.99. The van der Waals surface area contributed by atoms with Crippen LogP contribution >= 0.6 is 23.2 Å². The molecule has 1 aliphatic rings. The molecule has 0 amide bonds. The Bertz CT molecular complexity index is 591. The minimum absolute atomic E-state index is 0.0199. The Morgan fingerprint density at radius 3 is 2.10 bits per heavy atom. The van der Waals surface area contributed by atoms with Crippen LogP contribution in [-0.2, 0) is 10.0 Å². The lowest BCUT2D eigenvalue weighted by Gasteiger charge is -2.35. The maximum atomic E-state index is 13.2. The van der Waals surface area contributed by atoms with Gasteiger partial charge in [0.05, 0.1) is 10.0 Å². The van der Waals surface area contributed by atoms with E-state index in [0.29, 0.717) is 13.1 Å². The monoisotopic (exact) mass is 340 g/mol. The first kappa shape index (κ1) is 16.0. The van der Waals surface area contributed by atoms with Crippen LogP contribution in [0.25, 0.3) is 0 Å². The van der Waals surface area contributed by atoms with Gasteiger partial charge >= 0.3 is 0 Å². The molecule has 1 aromatic carbocycles. The zero-order valence-electron chi connectivity index (χ0n) is 11.0. The van der Waals surface area contributed by atoms with Crippen LogP contribution in [-0.4, -0.2) is 37.9 Å². The first-order chi connectivity index (χ1) is 9.21. The fraction of sp³-hybridized carbons (Fsp3) is 0.500. The lowest BCUT2D eigenvalue weighted by Crippen LogP contribution is -2.55. The van der Waals surface area contributed by atoms with Gasteiger partial charge in [0.25, 0.3) is 0 Å². The molecule has 1 fully saturated rings. The molecule has 8 heteroatoms. The lowest BCUT2D eigenvalue weighted by molar-refractivity contribution is 0.263. The van der Waals surface area contributed by atoms with Crippen molar-refractivity contribution in [1.29, 1.82) is 0 Å². The van der Waals surface area contributed by atoms with Gasteiger partial charge in [0.1, 0.15) is 10.7 Å². The smallest absolute Gasteiger partial charge is 0.246 e. The Morgan fingerprint density at radius 2 is 1.65 bits per heavy atom. The fourth-order valence-electron chi connectivity index (χ4n) is 2.38. The van der Waals surface area contributed by atoms with Crippen molar-refractivity contribution >= 4 is 33.2 Å². The molecule has 20 heavy (non-hydrogen) atoms. The third-order valence-electron chi connectivity index (χ3n) is 3.08. The number of nitrogens with zero attached hydrogens (tertiary/aromatic N) is 1. The standard InChI is InChI=1S/C12H15Cl2FN2O2S/c1-7-5-17(6-8(2)16-7)20(18,19)12-10(13)3-9(15)4-11(12)14/h3-4,7-8,16H,5-6H2,1-2H3. The van der Waals surface area contributed by atoms with Crippen LogP contribution in [0.3, 0.4) is 0 Å². The van der Waals surface area contributed by atoms with Gasteiger partial charge in [-0.1, -0.05) is 23.2 Å². The minimum atomic E-state index is -3.84. The van der Waals surface area contributed by atoms with E-state index in [4.69, 9.17) is 23.2 Å². The molecule has 2 rings (SSSR count). The lowest BCUT2D eigenvalue weighted by atomic mass is 10.2. The molecule has 1 N–H and O–H groups in total.